The molecule has 106 valence electrons. The number of nitrogens with zero attached hydrogens (tertiary/aromatic N) is 2. The van der Waals surface area contributed by atoms with Crippen molar-refractivity contribution in [1.82, 2.24) is 9.78 Å². The van der Waals surface area contributed by atoms with Gasteiger partial charge in [-0.2, -0.15) is 5.10 Å². The van der Waals surface area contributed by atoms with Crippen molar-refractivity contribution in [3.63, 3.8) is 0 Å². The summed E-state index contributed by atoms with van der Waals surface area (Å²) >= 11 is 5.86. The molecule has 0 aliphatic heterocycles. The predicted molar refractivity (Wildman–Crippen MR) is 76.3 cm³/mol. The number of carbonyl (C=O) groups excluding carboxylic acids is 1. The van der Waals surface area contributed by atoms with Gasteiger partial charge in [0.1, 0.15) is 5.82 Å². The summed E-state index contributed by atoms with van der Waals surface area (Å²) < 4.78 is 14.6. The van der Waals surface area contributed by atoms with Gasteiger partial charge in [-0.05, 0) is 38.1 Å². The van der Waals surface area contributed by atoms with E-state index < -0.39 is 5.82 Å². The number of aromatic nitrogens is 2. The first kappa shape index (κ1) is 14.5. The Hall–Kier alpha value is -1.88. The summed E-state index contributed by atoms with van der Waals surface area (Å²) in [6.07, 6.45) is 2.09. The van der Waals surface area contributed by atoms with Crippen molar-refractivity contribution in [2.45, 2.75) is 26.3 Å². The van der Waals surface area contributed by atoms with Crippen LogP contribution in [0.5, 0.6) is 0 Å². The number of halogens is 2. The third kappa shape index (κ3) is 3.57. The molecule has 20 heavy (non-hydrogen) atoms. The molecule has 1 heterocycles. The number of benzene rings is 1. The minimum atomic E-state index is -0.437. The summed E-state index contributed by atoms with van der Waals surface area (Å²) in [7, 11) is 0. The van der Waals surface area contributed by atoms with Crippen LogP contribution in [0, 0.1) is 12.7 Å². The average Bonchev–Trinajstić information content (AvgIpc) is 2.79. The van der Waals surface area contributed by atoms with Crippen LogP contribution in [0.3, 0.4) is 0 Å². The average molecular weight is 296 g/mol. The van der Waals surface area contributed by atoms with Crippen molar-refractivity contribution in [2.75, 3.05) is 5.32 Å². The second-order valence-corrected chi connectivity index (χ2v) is 5.07. The maximum Gasteiger partial charge on any atom is 0.226 e. The Morgan fingerprint density at radius 3 is 2.85 bits per heavy atom. The Morgan fingerprint density at radius 1 is 1.50 bits per heavy atom. The first-order valence-electron chi connectivity index (χ1n) is 6.22. The molecule has 0 radical (unpaired) electrons. The first-order chi connectivity index (χ1) is 9.45. The molecule has 1 aromatic heterocycles. The highest BCUT2D eigenvalue weighted by atomic mass is 35.5. The highest BCUT2D eigenvalue weighted by Gasteiger charge is 2.13. The third-order valence-electron chi connectivity index (χ3n) is 2.88. The fourth-order valence-electron chi connectivity index (χ4n) is 1.83. The smallest absolute Gasteiger partial charge is 0.226 e. The normalized spacial score (nSPS) is 12.2. The molecular weight excluding hydrogens is 281 g/mol. The molecule has 6 heteroatoms. The Labute approximate surface area is 121 Å². The monoisotopic (exact) mass is 295 g/mol. The zero-order chi connectivity index (χ0) is 14.7. The zero-order valence-electron chi connectivity index (χ0n) is 11.2. The zero-order valence-corrected chi connectivity index (χ0v) is 12.0. The summed E-state index contributed by atoms with van der Waals surface area (Å²) in [5, 5.41) is 7.11. The van der Waals surface area contributed by atoms with Gasteiger partial charge < -0.3 is 5.32 Å². The standard InChI is InChI=1S/C14H15ClFN3O/c1-9-5-6-19(18-9)10(2)7-14(20)17-13-4-3-11(16)8-12(13)15/h3-6,8,10H,7H2,1-2H3,(H,17,20)/t10-/m0/s1. The van der Waals surface area contributed by atoms with Crippen molar-refractivity contribution in [2.24, 2.45) is 0 Å². The Balaban J connectivity index is 1.98. The van der Waals surface area contributed by atoms with Crippen LogP contribution < -0.4 is 5.32 Å². The van der Waals surface area contributed by atoms with Crippen molar-refractivity contribution < 1.29 is 9.18 Å². The van der Waals surface area contributed by atoms with Crippen LogP contribution in [0.25, 0.3) is 0 Å². The lowest BCUT2D eigenvalue weighted by Gasteiger charge is -2.13. The van der Waals surface area contributed by atoms with Gasteiger partial charge in [-0.15, -0.1) is 0 Å². The number of amides is 1. The van der Waals surface area contributed by atoms with E-state index in [0.29, 0.717) is 5.69 Å². The molecular formula is C14H15ClFN3O. The lowest BCUT2D eigenvalue weighted by Crippen LogP contribution is -2.18. The van der Waals surface area contributed by atoms with Crippen molar-refractivity contribution >= 4 is 23.2 Å². The maximum atomic E-state index is 12.9. The fourth-order valence-corrected chi connectivity index (χ4v) is 2.05. The van der Waals surface area contributed by atoms with E-state index in [2.05, 4.69) is 10.4 Å². The molecule has 1 aromatic carbocycles. The van der Waals surface area contributed by atoms with E-state index in [4.69, 9.17) is 11.6 Å². The van der Waals surface area contributed by atoms with Crippen LogP contribution in [0.2, 0.25) is 5.02 Å². The lowest BCUT2D eigenvalue weighted by molar-refractivity contribution is -0.116. The number of hydrogen-bond acceptors (Lipinski definition) is 2. The van der Waals surface area contributed by atoms with Crippen LogP contribution in [0.1, 0.15) is 25.1 Å². The number of anilines is 1. The molecule has 4 nitrogen and oxygen atoms in total. The molecule has 0 unspecified atom stereocenters. The molecule has 1 N–H and O–H groups in total. The molecule has 0 bridgehead atoms. The molecule has 0 aliphatic carbocycles. The van der Waals surface area contributed by atoms with Crippen molar-refractivity contribution in [1.29, 1.82) is 0 Å². The van der Waals surface area contributed by atoms with Crippen LogP contribution in [0.4, 0.5) is 10.1 Å². The van der Waals surface area contributed by atoms with Gasteiger partial charge in [-0.25, -0.2) is 4.39 Å². The van der Waals surface area contributed by atoms with Gasteiger partial charge in [0.25, 0.3) is 0 Å². The highest BCUT2D eigenvalue weighted by molar-refractivity contribution is 6.33. The van der Waals surface area contributed by atoms with Gasteiger partial charge in [0, 0.05) is 12.6 Å². The van der Waals surface area contributed by atoms with Gasteiger partial charge in [0.15, 0.2) is 0 Å². The maximum absolute atomic E-state index is 12.9. The lowest BCUT2D eigenvalue weighted by atomic mass is 10.2. The Kier molecular flexibility index (Phi) is 4.39. The number of nitrogens with one attached hydrogen (secondary N) is 1. The number of hydrogen-bond donors (Lipinski definition) is 1. The minimum Gasteiger partial charge on any atom is -0.325 e. The minimum absolute atomic E-state index is 0.0667. The molecule has 0 spiro atoms. The van der Waals surface area contributed by atoms with E-state index in [1.165, 1.54) is 12.1 Å². The van der Waals surface area contributed by atoms with Gasteiger partial charge in [0.2, 0.25) is 5.91 Å². The molecule has 1 amide bonds. The predicted octanol–water partition coefficient (Wildman–Crippen LogP) is 3.57. The van der Waals surface area contributed by atoms with Gasteiger partial charge >= 0.3 is 0 Å². The Bertz CT molecular complexity index is 627. The summed E-state index contributed by atoms with van der Waals surface area (Å²) in [6, 6.07) is 5.67. The van der Waals surface area contributed by atoms with Crippen LogP contribution in [-0.2, 0) is 4.79 Å². The van der Waals surface area contributed by atoms with E-state index in [-0.39, 0.29) is 23.4 Å². The van der Waals surface area contributed by atoms with E-state index in [1.54, 1.807) is 4.68 Å². The van der Waals surface area contributed by atoms with Gasteiger partial charge in [-0.1, -0.05) is 11.6 Å². The summed E-state index contributed by atoms with van der Waals surface area (Å²) in [5.41, 5.74) is 1.31. The Morgan fingerprint density at radius 2 is 2.25 bits per heavy atom. The van der Waals surface area contributed by atoms with E-state index in [0.717, 1.165) is 11.8 Å². The van der Waals surface area contributed by atoms with Crippen molar-refractivity contribution in [3.8, 4) is 0 Å². The molecule has 0 saturated carbocycles. The SMILES string of the molecule is Cc1ccn([C@@H](C)CC(=O)Nc2ccc(F)cc2Cl)n1. The molecule has 1 atom stereocenters. The second-order valence-electron chi connectivity index (χ2n) is 4.66. The van der Waals surface area contributed by atoms with Crippen molar-refractivity contribution in [3.05, 3.63) is 47.0 Å². The van der Waals surface area contributed by atoms with Crippen LogP contribution in [-0.4, -0.2) is 15.7 Å². The van der Waals surface area contributed by atoms with E-state index in [9.17, 15) is 9.18 Å². The first-order valence-corrected chi connectivity index (χ1v) is 6.60. The van der Waals surface area contributed by atoms with Gasteiger partial charge in [-0.3, -0.25) is 9.48 Å². The highest BCUT2D eigenvalue weighted by Crippen LogP contribution is 2.23. The molecule has 2 rings (SSSR count). The molecule has 2 aromatic rings. The molecule has 0 fully saturated rings. The van der Waals surface area contributed by atoms with Gasteiger partial charge in [0.05, 0.1) is 22.4 Å². The van der Waals surface area contributed by atoms with E-state index >= 15 is 0 Å². The number of carbonyl (C=O) groups is 1. The molecule has 0 saturated heterocycles. The number of aryl methyl sites for hydroxylation is 1. The summed E-state index contributed by atoms with van der Waals surface area (Å²) in [4.78, 5) is 11.9. The fraction of sp³-hybridized carbons (Fsp3) is 0.286. The van der Waals surface area contributed by atoms with Crippen LogP contribution in [0.15, 0.2) is 30.5 Å². The largest absolute Gasteiger partial charge is 0.325 e. The topological polar surface area (TPSA) is 46.9 Å². The second kappa shape index (κ2) is 6.05. The summed E-state index contributed by atoms with van der Waals surface area (Å²) in [6.45, 7) is 3.79. The summed E-state index contributed by atoms with van der Waals surface area (Å²) in [5.74, 6) is -0.632. The van der Waals surface area contributed by atoms with E-state index in [1.807, 2.05) is 26.1 Å². The number of rotatable bonds is 4. The molecule has 0 aliphatic rings. The van der Waals surface area contributed by atoms with Crippen LogP contribution >= 0.6 is 11.6 Å². The third-order valence-corrected chi connectivity index (χ3v) is 3.19. The quantitative estimate of drug-likeness (QED) is 0.937.